The Morgan fingerprint density at radius 3 is 2.27 bits per heavy atom. The molecule has 4 rings (SSSR count). The first-order valence-electron chi connectivity index (χ1n) is 12.4. The molecule has 0 radical (unpaired) electrons. The van der Waals surface area contributed by atoms with Crippen LogP contribution < -0.4 is 20.3 Å². The Kier molecular flexibility index (Phi) is 8.79. The third kappa shape index (κ3) is 6.81. The summed E-state index contributed by atoms with van der Waals surface area (Å²) < 4.78 is 44.9. The molecule has 1 aliphatic heterocycles. The molecule has 1 heterocycles. The van der Waals surface area contributed by atoms with E-state index in [1.165, 1.54) is 6.07 Å². The van der Waals surface area contributed by atoms with Gasteiger partial charge in [0.1, 0.15) is 16.5 Å². The van der Waals surface area contributed by atoms with Gasteiger partial charge in [-0.3, -0.25) is 14.4 Å². The fourth-order valence-electron chi connectivity index (χ4n) is 3.88. The minimum atomic E-state index is -4.65. The van der Waals surface area contributed by atoms with Gasteiger partial charge in [-0.1, -0.05) is 43.1 Å². The monoisotopic (exact) mass is 571 g/mol. The van der Waals surface area contributed by atoms with Crippen LogP contribution in [0.15, 0.2) is 83.5 Å². The van der Waals surface area contributed by atoms with Gasteiger partial charge >= 0.3 is 6.18 Å². The highest BCUT2D eigenvalue weighted by Crippen LogP contribution is 2.35. The number of carbonyl (C=O) groups excluding carboxylic acids is 3. The number of imide groups is 1. The standard InChI is InChI=1S/C29H25ClF3N3O4/c1-2-3-15-40-23-13-11-20(12-14-23)34-24(37)16-18-7-9-21(10-8-18)35-26-25(30)27(38)36(28(26)39)22-6-4-5-19(17-22)29(31,32)33/h4-14,17,35H,2-3,15-16H2,1H3,(H,34,37). The van der Waals surface area contributed by atoms with Gasteiger partial charge in [0.05, 0.1) is 24.3 Å². The SMILES string of the molecule is CCCCOc1ccc(NC(=O)Cc2ccc(NC3=C(Cl)C(=O)N(c4cccc(C(F)(F)F)c4)C3=O)cc2)cc1. The van der Waals surface area contributed by atoms with E-state index >= 15 is 0 Å². The lowest BCUT2D eigenvalue weighted by molar-refractivity contribution is -0.137. The first-order chi connectivity index (χ1) is 19.1. The summed E-state index contributed by atoms with van der Waals surface area (Å²) in [5.41, 5.74) is 0.181. The molecule has 0 unspecified atom stereocenters. The fraction of sp³-hybridized carbons (Fsp3) is 0.207. The second kappa shape index (κ2) is 12.3. The summed E-state index contributed by atoms with van der Waals surface area (Å²) in [6.07, 6.45) is -2.56. The summed E-state index contributed by atoms with van der Waals surface area (Å²) in [6, 6.07) is 17.4. The van der Waals surface area contributed by atoms with E-state index in [1.54, 1.807) is 48.5 Å². The van der Waals surface area contributed by atoms with Crippen molar-refractivity contribution >= 4 is 46.4 Å². The number of benzene rings is 3. The van der Waals surface area contributed by atoms with E-state index in [9.17, 15) is 27.6 Å². The molecule has 40 heavy (non-hydrogen) atoms. The molecule has 1 aliphatic rings. The number of hydrogen-bond donors (Lipinski definition) is 2. The molecule has 3 amide bonds. The summed E-state index contributed by atoms with van der Waals surface area (Å²) in [4.78, 5) is 38.6. The van der Waals surface area contributed by atoms with Gasteiger partial charge in [-0.25, -0.2) is 4.90 Å². The molecule has 0 saturated carbocycles. The van der Waals surface area contributed by atoms with E-state index in [2.05, 4.69) is 17.6 Å². The van der Waals surface area contributed by atoms with Crippen molar-refractivity contribution in [2.45, 2.75) is 32.4 Å². The molecule has 2 N–H and O–H groups in total. The molecule has 3 aromatic rings. The van der Waals surface area contributed by atoms with Gasteiger partial charge in [0, 0.05) is 11.4 Å². The number of ether oxygens (including phenoxy) is 1. The van der Waals surface area contributed by atoms with E-state index in [0.717, 1.165) is 30.7 Å². The van der Waals surface area contributed by atoms with Crippen LogP contribution >= 0.6 is 11.6 Å². The molecule has 0 fully saturated rings. The first kappa shape index (κ1) is 28.7. The average molecular weight is 572 g/mol. The number of amides is 3. The molecule has 3 aromatic carbocycles. The van der Waals surface area contributed by atoms with Crippen molar-refractivity contribution in [3.63, 3.8) is 0 Å². The maximum Gasteiger partial charge on any atom is 0.416 e. The van der Waals surface area contributed by atoms with E-state index in [1.807, 2.05) is 0 Å². The molecule has 0 aliphatic carbocycles. The van der Waals surface area contributed by atoms with E-state index in [0.29, 0.717) is 34.5 Å². The normalized spacial score (nSPS) is 13.6. The van der Waals surface area contributed by atoms with E-state index in [-0.39, 0.29) is 23.7 Å². The summed E-state index contributed by atoms with van der Waals surface area (Å²) >= 11 is 6.09. The largest absolute Gasteiger partial charge is 0.494 e. The molecule has 11 heteroatoms. The Labute approximate surface area is 233 Å². The Balaban J connectivity index is 1.36. The summed E-state index contributed by atoms with van der Waals surface area (Å²) in [5, 5.41) is 5.12. The Morgan fingerprint density at radius 2 is 1.62 bits per heavy atom. The third-order valence-electron chi connectivity index (χ3n) is 5.95. The number of halogens is 4. The quantitative estimate of drug-likeness (QED) is 0.214. The lowest BCUT2D eigenvalue weighted by atomic mass is 10.1. The average Bonchev–Trinajstić information content (AvgIpc) is 3.13. The van der Waals surface area contributed by atoms with Gasteiger partial charge in [0.2, 0.25) is 5.91 Å². The van der Waals surface area contributed by atoms with Crippen LogP contribution in [0, 0.1) is 0 Å². The topological polar surface area (TPSA) is 87.7 Å². The van der Waals surface area contributed by atoms with Gasteiger partial charge in [0.25, 0.3) is 11.8 Å². The molecular formula is C29H25ClF3N3O4. The molecule has 0 spiro atoms. The van der Waals surface area contributed by atoms with Crippen molar-refractivity contribution in [1.29, 1.82) is 0 Å². The maximum absolute atomic E-state index is 13.1. The summed E-state index contributed by atoms with van der Waals surface area (Å²) in [5.74, 6) is -1.34. The van der Waals surface area contributed by atoms with Crippen molar-refractivity contribution in [2.75, 3.05) is 22.1 Å². The first-order valence-corrected chi connectivity index (χ1v) is 12.8. The predicted octanol–water partition coefficient (Wildman–Crippen LogP) is 6.50. The highest BCUT2D eigenvalue weighted by molar-refractivity contribution is 6.53. The van der Waals surface area contributed by atoms with Gasteiger partial charge in [-0.05, 0) is 66.6 Å². The minimum absolute atomic E-state index is 0.0826. The highest BCUT2D eigenvalue weighted by Gasteiger charge is 2.40. The number of nitrogens with zero attached hydrogens (tertiary/aromatic N) is 1. The van der Waals surface area contributed by atoms with Crippen LogP contribution in [0.3, 0.4) is 0 Å². The Hall–Kier alpha value is -4.31. The number of rotatable bonds is 10. The molecule has 208 valence electrons. The van der Waals surface area contributed by atoms with Crippen molar-refractivity contribution < 1.29 is 32.3 Å². The third-order valence-corrected chi connectivity index (χ3v) is 6.30. The maximum atomic E-state index is 13.1. The fourth-order valence-corrected chi connectivity index (χ4v) is 4.09. The van der Waals surface area contributed by atoms with Crippen LogP contribution in [0.5, 0.6) is 5.75 Å². The lowest BCUT2D eigenvalue weighted by Crippen LogP contribution is -2.32. The zero-order valence-corrected chi connectivity index (χ0v) is 22.1. The Morgan fingerprint density at radius 1 is 0.950 bits per heavy atom. The molecule has 7 nitrogen and oxygen atoms in total. The Bertz CT molecular complexity index is 1440. The van der Waals surface area contributed by atoms with Crippen LogP contribution in [0.1, 0.15) is 30.9 Å². The van der Waals surface area contributed by atoms with Crippen molar-refractivity contribution in [3.05, 3.63) is 94.7 Å². The number of hydrogen-bond acceptors (Lipinski definition) is 5. The van der Waals surface area contributed by atoms with E-state index < -0.39 is 28.6 Å². The zero-order valence-electron chi connectivity index (χ0n) is 21.3. The van der Waals surface area contributed by atoms with E-state index in [4.69, 9.17) is 16.3 Å². The van der Waals surface area contributed by atoms with Gasteiger partial charge in [-0.15, -0.1) is 0 Å². The molecular weight excluding hydrogens is 547 g/mol. The van der Waals surface area contributed by atoms with Crippen molar-refractivity contribution in [2.24, 2.45) is 0 Å². The van der Waals surface area contributed by atoms with Crippen LogP contribution in [0.4, 0.5) is 30.2 Å². The van der Waals surface area contributed by atoms with Crippen LogP contribution in [0.2, 0.25) is 0 Å². The summed E-state index contributed by atoms with van der Waals surface area (Å²) in [6.45, 7) is 2.72. The number of unbranched alkanes of at least 4 members (excludes halogenated alkanes) is 1. The second-order valence-corrected chi connectivity index (χ2v) is 9.33. The highest BCUT2D eigenvalue weighted by atomic mass is 35.5. The number of anilines is 3. The zero-order chi connectivity index (χ0) is 28.9. The van der Waals surface area contributed by atoms with Crippen LogP contribution in [0.25, 0.3) is 0 Å². The molecule has 0 atom stereocenters. The van der Waals surface area contributed by atoms with Gasteiger partial charge < -0.3 is 15.4 Å². The summed E-state index contributed by atoms with van der Waals surface area (Å²) in [7, 11) is 0. The van der Waals surface area contributed by atoms with Gasteiger partial charge in [0.15, 0.2) is 0 Å². The number of alkyl halides is 3. The number of nitrogens with one attached hydrogen (secondary N) is 2. The van der Waals surface area contributed by atoms with Crippen molar-refractivity contribution in [1.82, 2.24) is 0 Å². The van der Waals surface area contributed by atoms with Crippen molar-refractivity contribution in [3.8, 4) is 5.75 Å². The molecule has 0 bridgehead atoms. The van der Waals surface area contributed by atoms with Crippen LogP contribution in [-0.4, -0.2) is 24.3 Å². The smallest absolute Gasteiger partial charge is 0.416 e. The minimum Gasteiger partial charge on any atom is -0.494 e. The lowest BCUT2D eigenvalue weighted by Gasteiger charge is -2.17. The molecule has 0 aromatic heterocycles. The van der Waals surface area contributed by atoms with Gasteiger partial charge in [-0.2, -0.15) is 13.2 Å². The predicted molar refractivity (Wildman–Crippen MR) is 146 cm³/mol. The second-order valence-electron chi connectivity index (χ2n) is 8.96. The molecule has 0 saturated heterocycles. The van der Waals surface area contributed by atoms with Crippen LogP contribution in [-0.2, 0) is 27.0 Å². The number of carbonyl (C=O) groups is 3.